The number of nitrogen functional groups attached to an aromatic ring is 1. The minimum Gasteiger partial charge on any atom is -0.399 e. The molecule has 0 spiro atoms. The van der Waals surface area contributed by atoms with E-state index >= 15 is 0 Å². The number of nitrogens with one attached hydrogen (secondary N) is 1. The Morgan fingerprint density at radius 2 is 2.10 bits per heavy atom. The standard InChI is InChI=1S/C17H27N3O/c1-14-5-2-3-11-20(14)12-4-10-19-17(21)13-15-6-8-16(18)9-7-15/h6-9,14H,2-5,10-13,18H2,1H3,(H,19,21). The van der Waals surface area contributed by atoms with E-state index in [0.717, 1.165) is 30.8 Å². The van der Waals surface area contributed by atoms with E-state index in [-0.39, 0.29) is 5.91 Å². The summed E-state index contributed by atoms with van der Waals surface area (Å²) in [6.07, 6.45) is 5.44. The first-order valence-electron chi connectivity index (χ1n) is 8.00. The van der Waals surface area contributed by atoms with E-state index in [9.17, 15) is 4.79 Å². The summed E-state index contributed by atoms with van der Waals surface area (Å²) in [5.74, 6) is 0.0893. The molecule has 0 saturated carbocycles. The van der Waals surface area contributed by atoms with Gasteiger partial charge in [0.1, 0.15) is 0 Å². The summed E-state index contributed by atoms with van der Waals surface area (Å²) in [4.78, 5) is 14.4. The first kappa shape index (κ1) is 15.8. The maximum Gasteiger partial charge on any atom is 0.224 e. The molecule has 0 radical (unpaired) electrons. The predicted octanol–water partition coefficient (Wildman–Crippen LogP) is 2.19. The largest absolute Gasteiger partial charge is 0.399 e. The molecular formula is C17H27N3O. The SMILES string of the molecule is CC1CCCCN1CCCNC(=O)Cc1ccc(N)cc1. The molecule has 1 fully saturated rings. The molecule has 1 aromatic rings. The Morgan fingerprint density at radius 3 is 2.81 bits per heavy atom. The van der Waals surface area contributed by atoms with Crippen molar-refractivity contribution >= 4 is 11.6 Å². The monoisotopic (exact) mass is 289 g/mol. The first-order chi connectivity index (χ1) is 10.1. The number of piperidine rings is 1. The highest BCUT2D eigenvalue weighted by atomic mass is 16.1. The number of carbonyl (C=O) groups excluding carboxylic acids is 1. The minimum atomic E-state index is 0.0893. The molecule has 0 aliphatic carbocycles. The van der Waals surface area contributed by atoms with Gasteiger partial charge in [-0.3, -0.25) is 4.79 Å². The van der Waals surface area contributed by atoms with Crippen LogP contribution in [-0.4, -0.2) is 36.5 Å². The molecule has 2 rings (SSSR count). The number of amides is 1. The van der Waals surface area contributed by atoms with Crippen molar-refractivity contribution in [1.29, 1.82) is 0 Å². The summed E-state index contributed by atoms with van der Waals surface area (Å²) in [5.41, 5.74) is 7.37. The number of carbonyl (C=O) groups is 1. The van der Waals surface area contributed by atoms with Gasteiger partial charge in [-0.2, -0.15) is 0 Å². The van der Waals surface area contributed by atoms with Crippen LogP contribution in [0.15, 0.2) is 24.3 Å². The number of nitrogens with two attached hydrogens (primary N) is 1. The quantitative estimate of drug-likeness (QED) is 0.623. The topological polar surface area (TPSA) is 58.4 Å². The van der Waals surface area contributed by atoms with Crippen molar-refractivity contribution in [2.75, 3.05) is 25.4 Å². The van der Waals surface area contributed by atoms with Gasteiger partial charge in [0.15, 0.2) is 0 Å². The van der Waals surface area contributed by atoms with Gasteiger partial charge in [-0.25, -0.2) is 0 Å². The Morgan fingerprint density at radius 1 is 1.33 bits per heavy atom. The van der Waals surface area contributed by atoms with E-state index < -0.39 is 0 Å². The highest BCUT2D eigenvalue weighted by Gasteiger charge is 2.17. The smallest absolute Gasteiger partial charge is 0.224 e. The molecule has 1 amide bonds. The average molecular weight is 289 g/mol. The van der Waals surface area contributed by atoms with Gasteiger partial charge in [-0.15, -0.1) is 0 Å². The fraction of sp³-hybridized carbons (Fsp3) is 0.588. The van der Waals surface area contributed by atoms with E-state index in [1.54, 1.807) is 0 Å². The Balaban J connectivity index is 1.61. The summed E-state index contributed by atoms with van der Waals surface area (Å²) >= 11 is 0. The Bertz CT molecular complexity index is 444. The van der Waals surface area contributed by atoms with Crippen LogP contribution in [0.1, 0.15) is 38.2 Å². The van der Waals surface area contributed by atoms with Crippen LogP contribution >= 0.6 is 0 Å². The van der Waals surface area contributed by atoms with E-state index in [2.05, 4.69) is 17.1 Å². The van der Waals surface area contributed by atoms with Gasteiger partial charge < -0.3 is 16.0 Å². The van der Waals surface area contributed by atoms with Gasteiger partial charge >= 0.3 is 0 Å². The molecule has 1 aromatic carbocycles. The molecule has 1 heterocycles. The van der Waals surface area contributed by atoms with Crippen molar-refractivity contribution < 1.29 is 4.79 Å². The third kappa shape index (κ3) is 5.38. The molecule has 1 saturated heterocycles. The van der Waals surface area contributed by atoms with Crippen molar-refractivity contribution in [3.05, 3.63) is 29.8 Å². The summed E-state index contributed by atoms with van der Waals surface area (Å²) in [7, 11) is 0. The van der Waals surface area contributed by atoms with E-state index in [4.69, 9.17) is 5.73 Å². The molecule has 1 aliphatic rings. The van der Waals surface area contributed by atoms with E-state index in [1.807, 2.05) is 24.3 Å². The zero-order valence-electron chi connectivity index (χ0n) is 13.0. The lowest BCUT2D eigenvalue weighted by Gasteiger charge is -2.33. The lowest BCUT2D eigenvalue weighted by Crippen LogP contribution is -2.39. The van der Waals surface area contributed by atoms with Gasteiger partial charge in [0, 0.05) is 24.8 Å². The molecule has 3 N–H and O–H groups in total. The third-order valence-electron chi connectivity index (χ3n) is 4.23. The lowest BCUT2D eigenvalue weighted by atomic mass is 10.0. The fourth-order valence-corrected chi connectivity index (χ4v) is 2.88. The third-order valence-corrected chi connectivity index (χ3v) is 4.23. The van der Waals surface area contributed by atoms with E-state index in [1.165, 1.54) is 25.8 Å². The molecule has 4 nitrogen and oxygen atoms in total. The van der Waals surface area contributed by atoms with Crippen molar-refractivity contribution in [2.24, 2.45) is 0 Å². The van der Waals surface area contributed by atoms with Gasteiger partial charge in [-0.05, 0) is 50.4 Å². The number of hydrogen-bond donors (Lipinski definition) is 2. The molecule has 21 heavy (non-hydrogen) atoms. The Labute approximate surface area is 127 Å². The number of benzene rings is 1. The molecule has 1 aliphatic heterocycles. The summed E-state index contributed by atoms with van der Waals surface area (Å²) in [6.45, 7) is 5.36. The molecular weight excluding hydrogens is 262 g/mol. The maximum absolute atomic E-state index is 11.9. The fourth-order valence-electron chi connectivity index (χ4n) is 2.88. The molecule has 116 valence electrons. The summed E-state index contributed by atoms with van der Waals surface area (Å²) in [5, 5.41) is 3.00. The Kier molecular flexibility index (Phi) is 6.05. The van der Waals surface area contributed by atoms with Crippen molar-refractivity contribution in [2.45, 2.75) is 45.1 Å². The Hall–Kier alpha value is -1.55. The molecule has 4 heteroatoms. The minimum absolute atomic E-state index is 0.0893. The zero-order chi connectivity index (χ0) is 15.1. The molecule has 1 unspecified atom stereocenters. The van der Waals surface area contributed by atoms with Crippen LogP contribution in [0.2, 0.25) is 0 Å². The first-order valence-corrected chi connectivity index (χ1v) is 8.00. The number of anilines is 1. The second-order valence-electron chi connectivity index (χ2n) is 6.00. The van der Waals surface area contributed by atoms with Crippen molar-refractivity contribution in [1.82, 2.24) is 10.2 Å². The van der Waals surface area contributed by atoms with Crippen molar-refractivity contribution in [3.8, 4) is 0 Å². The maximum atomic E-state index is 11.9. The predicted molar refractivity (Wildman–Crippen MR) is 87.1 cm³/mol. The van der Waals surface area contributed by atoms with Gasteiger partial charge in [-0.1, -0.05) is 18.6 Å². The second-order valence-corrected chi connectivity index (χ2v) is 6.00. The summed E-state index contributed by atoms with van der Waals surface area (Å²) < 4.78 is 0. The van der Waals surface area contributed by atoms with E-state index in [0.29, 0.717) is 12.5 Å². The average Bonchev–Trinajstić information content (AvgIpc) is 2.48. The molecule has 1 atom stereocenters. The van der Waals surface area contributed by atoms with Crippen LogP contribution in [0.4, 0.5) is 5.69 Å². The highest BCUT2D eigenvalue weighted by molar-refractivity contribution is 5.78. The van der Waals surface area contributed by atoms with Gasteiger partial charge in [0.25, 0.3) is 0 Å². The van der Waals surface area contributed by atoms with Crippen LogP contribution in [0.5, 0.6) is 0 Å². The zero-order valence-corrected chi connectivity index (χ0v) is 13.0. The number of rotatable bonds is 6. The van der Waals surface area contributed by atoms with Crippen LogP contribution in [0.25, 0.3) is 0 Å². The number of likely N-dealkylation sites (tertiary alicyclic amines) is 1. The number of nitrogens with zero attached hydrogens (tertiary/aromatic N) is 1. The normalized spacial score (nSPS) is 19.4. The lowest BCUT2D eigenvalue weighted by molar-refractivity contribution is -0.120. The highest BCUT2D eigenvalue weighted by Crippen LogP contribution is 2.16. The molecule has 0 bridgehead atoms. The molecule has 0 aromatic heterocycles. The second kappa shape index (κ2) is 8.03. The number of hydrogen-bond acceptors (Lipinski definition) is 3. The van der Waals surface area contributed by atoms with Crippen molar-refractivity contribution in [3.63, 3.8) is 0 Å². The van der Waals surface area contributed by atoms with Crippen LogP contribution in [-0.2, 0) is 11.2 Å². The van der Waals surface area contributed by atoms with Gasteiger partial charge in [0.05, 0.1) is 6.42 Å². The van der Waals surface area contributed by atoms with Crippen LogP contribution in [0.3, 0.4) is 0 Å². The van der Waals surface area contributed by atoms with Crippen LogP contribution in [0, 0.1) is 0 Å². The van der Waals surface area contributed by atoms with Crippen LogP contribution < -0.4 is 11.1 Å². The summed E-state index contributed by atoms with van der Waals surface area (Å²) in [6, 6.07) is 8.18. The van der Waals surface area contributed by atoms with Gasteiger partial charge in [0.2, 0.25) is 5.91 Å².